The summed E-state index contributed by atoms with van der Waals surface area (Å²) in [4.78, 5) is 24.7. The smallest absolute Gasteiger partial charge is 0.309 e. The number of ether oxygens (including phenoxy) is 1. The fourth-order valence-electron chi connectivity index (χ4n) is 4.07. The molecule has 2 aromatic rings. The van der Waals surface area contributed by atoms with E-state index in [1.807, 2.05) is 19.1 Å². The zero-order chi connectivity index (χ0) is 24.3. The number of carbonyl (C=O) groups is 2. The van der Waals surface area contributed by atoms with E-state index in [0.29, 0.717) is 16.0 Å². The van der Waals surface area contributed by atoms with Gasteiger partial charge in [-0.25, -0.2) is 12.8 Å². The molecule has 0 aromatic heterocycles. The molecular weight excluding hydrogens is 471 g/mol. The van der Waals surface area contributed by atoms with E-state index in [4.69, 9.17) is 16.3 Å². The first-order valence-electron chi connectivity index (χ1n) is 10.5. The zero-order valence-electron chi connectivity index (χ0n) is 18.7. The number of nitrogens with one attached hydrogen (secondary N) is 1. The second kappa shape index (κ2) is 10.2. The Morgan fingerprint density at radius 3 is 2.33 bits per heavy atom. The quantitative estimate of drug-likeness (QED) is 0.610. The van der Waals surface area contributed by atoms with Crippen LogP contribution in [0.25, 0.3) is 0 Å². The molecule has 1 N–H and O–H groups in total. The molecule has 7 nitrogen and oxygen atoms in total. The second-order valence-corrected chi connectivity index (χ2v) is 10.5. The van der Waals surface area contributed by atoms with Crippen LogP contribution in [-0.4, -0.2) is 44.3 Å². The molecule has 0 saturated carbocycles. The summed E-state index contributed by atoms with van der Waals surface area (Å²) in [6.07, 6.45) is 0.569. The van der Waals surface area contributed by atoms with Crippen LogP contribution in [0, 0.1) is 32.5 Å². The average Bonchev–Trinajstić information content (AvgIpc) is 2.73. The second-order valence-electron chi connectivity index (χ2n) is 8.19. The van der Waals surface area contributed by atoms with Crippen LogP contribution in [0.1, 0.15) is 29.5 Å². The molecule has 0 spiro atoms. The third-order valence-electron chi connectivity index (χ3n) is 5.54. The molecule has 0 atom stereocenters. The Morgan fingerprint density at radius 2 is 1.73 bits per heavy atom. The summed E-state index contributed by atoms with van der Waals surface area (Å²) in [6.45, 7) is 5.24. The van der Waals surface area contributed by atoms with E-state index in [1.54, 1.807) is 13.8 Å². The van der Waals surface area contributed by atoms with Gasteiger partial charge in [-0.05, 0) is 62.9 Å². The third-order valence-corrected chi connectivity index (χ3v) is 7.98. The highest BCUT2D eigenvalue weighted by atomic mass is 35.5. The Hall–Kier alpha value is -2.49. The number of hydrogen-bond donors (Lipinski definition) is 1. The highest BCUT2D eigenvalue weighted by Gasteiger charge is 2.34. The molecule has 1 fully saturated rings. The van der Waals surface area contributed by atoms with Crippen molar-refractivity contribution in [2.24, 2.45) is 5.92 Å². The van der Waals surface area contributed by atoms with Gasteiger partial charge in [0.15, 0.2) is 6.61 Å². The van der Waals surface area contributed by atoms with Crippen LogP contribution >= 0.6 is 11.6 Å². The van der Waals surface area contributed by atoms with Crippen LogP contribution in [0.4, 0.5) is 10.1 Å². The van der Waals surface area contributed by atoms with Crippen molar-refractivity contribution < 1.29 is 27.1 Å². The lowest BCUT2D eigenvalue weighted by molar-refractivity contribution is -0.152. The standard InChI is InChI=1S/C23H26ClFN2O5S/c1-14-10-15(2)22(16(3)11-14)33(30,31)27-8-6-17(7-9-27)23(29)32-13-21(28)26-20-12-18(24)4-5-19(20)25/h4-5,10-12,17H,6-9,13H2,1-3H3,(H,26,28). The van der Waals surface area contributed by atoms with Crippen molar-refractivity contribution >= 4 is 39.2 Å². The summed E-state index contributed by atoms with van der Waals surface area (Å²) < 4.78 is 46.5. The lowest BCUT2D eigenvalue weighted by Crippen LogP contribution is -2.41. The summed E-state index contributed by atoms with van der Waals surface area (Å²) in [5, 5.41) is 2.56. The Balaban J connectivity index is 1.55. The number of amides is 1. The number of hydrogen-bond acceptors (Lipinski definition) is 5. The summed E-state index contributed by atoms with van der Waals surface area (Å²) >= 11 is 5.79. The van der Waals surface area contributed by atoms with Gasteiger partial charge in [0.2, 0.25) is 10.0 Å². The maximum atomic E-state index is 13.7. The van der Waals surface area contributed by atoms with Crippen molar-refractivity contribution in [3.63, 3.8) is 0 Å². The number of rotatable bonds is 6. The van der Waals surface area contributed by atoms with E-state index in [-0.39, 0.29) is 36.6 Å². The van der Waals surface area contributed by atoms with Crippen molar-refractivity contribution in [2.75, 3.05) is 25.0 Å². The van der Waals surface area contributed by atoms with Gasteiger partial charge < -0.3 is 10.1 Å². The molecule has 0 unspecified atom stereocenters. The highest BCUT2D eigenvalue weighted by molar-refractivity contribution is 7.89. The first-order chi connectivity index (χ1) is 15.5. The number of esters is 1. The normalized spacial score (nSPS) is 15.3. The predicted octanol–water partition coefficient (Wildman–Crippen LogP) is 3.99. The maximum Gasteiger partial charge on any atom is 0.309 e. The number of anilines is 1. The molecule has 178 valence electrons. The van der Waals surface area contributed by atoms with E-state index >= 15 is 0 Å². The van der Waals surface area contributed by atoms with Gasteiger partial charge in [0.05, 0.1) is 16.5 Å². The van der Waals surface area contributed by atoms with Gasteiger partial charge in [0.25, 0.3) is 5.91 Å². The van der Waals surface area contributed by atoms with E-state index in [0.717, 1.165) is 11.6 Å². The minimum Gasteiger partial charge on any atom is -0.455 e. The van der Waals surface area contributed by atoms with E-state index < -0.39 is 40.2 Å². The van der Waals surface area contributed by atoms with Gasteiger partial charge in [0.1, 0.15) is 5.82 Å². The average molecular weight is 497 g/mol. The zero-order valence-corrected chi connectivity index (χ0v) is 20.2. The molecule has 1 aliphatic rings. The highest BCUT2D eigenvalue weighted by Crippen LogP contribution is 2.29. The Labute approximate surface area is 197 Å². The van der Waals surface area contributed by atoms with Gasteiger partial charge in [-0.3, -0.25) is 9.59 Å². The van der Waals surface area contributed by atoms with Crippen molar-refractivity contribution in [1.29, 1.82) is 0 Å². The van der Waals surface area contributed by atoms with E-state index in [2.05, 4.69) is 5.32 Å². The first kappa shape index (κ1) is 25.1. The van der Waals surface area contributed by atoms with Crippen LogP contribution in [-0.2, 0) is 24.3 Å². The van der Waals surface area contributed by atoms with Gasteiger partial charge in [0, 0.05) is 18.1 Å². The van der Waals surface area contributed by atoms with E-state index in [1.165, 1.54) is 16.4 Å². The van der Waals surface area contributed by atoms with Crippen LogP contribution in [0.15, 0.2) is 35.2 Å². The van der Waals surface area contributed by atoms with Crippen LogP contribution in [0.5, 0.6) is 0 Å². The molecule has 0 radical (unpaired) electrons. The molecule has 2 aromatic carbocycles. The molecule has 1 aliphatic heterocycles. The molecule has 3 rings (SSSR count). The topological polar surface area (TPSA) is 92.8 Å². The predicted molar refractivity (Wildman–Crippen MR) is 123 cm³/mol. The Kier molecular flexibility index (Phi) is 7.76. The Morgan fingerprint density at radius 1 is 1.12 bits per heavy atom. The molecule has 1 saturated heterocycles. The van der Waals surface area contributed by atoms with E-state index in [9.17, 15) is 22.4 Å². The fourth-order valence-corrected chi connectivity index (χ4v) is 6.12. The Bertz CT molecular complexity index is 1150. The number of nitrogens with zero attached hydrogens (tertiary/aromatic N) is 1. The monoisotopic (exact) mass is 496 g/mol. The minimum absolute atomic E-state index is 0.108. The largest absolute Gasteiger partial charge is 0.455 e. The SMILES string of the molecule is Cc1cc(C)c(S(=O)(=O)N2CCC(C(=O)OCC(=O)Nc3cc(Cl)ccc3F)CC2)c(C)c1. The molecule has 10 heteroatoms. The lowest BCUT2D eigenvalue weighted by Gasteiger charge is -2.31. The van der Waals surface area contributed by atoms with Crippen molar-refractivity contribution in [3.05, 3.63) is 57.9 Å². The molecule has 1 heterocycles. The van der Waals surface area contributed by atoms with Crippen LogP contribution < -0.4 is 5.32 Å². The maximum absolute atomic E-state index is 13.7. The molecule has 1 amide bonds. The number of halogens is 2. The number of aryl methyl sites for hydroxylation is 3. The van der Waals surface area contributed by atoms with Gasteiger partial charge >= 0.3 is 5.97 Å². The van der Waals surface area contributed by atoms with Crippen molar-refractivity contribution in [3.8, 4) is 0 Å². The minimum atomic E-state index is -3.69. The fraction of sp³-hybridized carbons (Fsp3) is 0.391. The molecule has 0 aliphatic carbocycles. The van der Waals surface area contributed by atoms with Crippen LogP contribution in [0.2, 0.25) is 5.02 Å². The number of carbonyl (C=O) groups excluding carboxylic acids is 2. The summed E-state index contributed by atoms with van der Waals surface area (Å²) in [7, 11) is -3.69. The number of benzene rings is 2. The first-order valence-corrected chi connectivity index (χ1v) is 12.3. The number of piperidine rings is 1. The lowest BCUT2D eigenvalue weighted by atomic mass is 9.98. The third kappa shape index (κ3) is 5.90. The summed E-state index contributed by atoms with van der Waals surface area (Å²) in [5.41, 5.74) is 2.27. The summed E-state index contributed by atoms with van der Waals surface area (Å²) in [6, 6.07) is 7.39. The molecule has 33 heavy (non-hydrogen) atoms. The summed E-state index contributed by atoms with van der Waals surface area (Å²) in [5.74, 6) is -2.47. The van der Waals surface area contributed by atoms with Crippen molar-refractivity contribution in [2.45, 2.75) is 38.5 Å². The van der Waals surface area contributed by atoms with Crippen molar-refractivity contribution in [1.82, 2.24) is 4.31 Å². The van der Waals surface area contributed by atoms with Gasteiger partial charge in [-0.1, -0.05) is 29.3 Å². The molecule has 0 bridgehead atoms. The molecular formula is C23H26ClFN2O5S. The van der Waals surface area contributed by atoms with Crippen LogP contribution in [0.3, 0.4) is 0 Å². The van der Waals surface area contributed by atoms with Gasteiger partial charge in [-0.2, -0.15) is 4.31 Å². The van der Waals surface area contributed by atoms with Gasteiger partial charge in [-0.15, -0.1) is 0 Å². The number of sulfonamides is 1.